The van der Waals surface area contributed by atoms with Crippen molar-refractivity contribution in [2.75, 3.05) is 0 Å². The topological polar surface area (TPSA) is 75.7 Å². The Morgan fingerprint density at radius 2 is 1.71 bits per heavy atom. The van der Waals surface area contributed by atoms with Gasteiger partial charge >= 0.3 is 6.18 Å². The molecule has 0 saturated heterocycles. The molecule has 1 heterocycles. The van der Waals surface area contributed by atoms with Gasteiger partial charge in [-0.05, 0) is 68.2 Å². The minimum Gasteiger partial charge on any atom is -0.491 e. The van der Waals surface area contributed by atoms with Crippen LogP contribution in [0.15, 0.2) is 35.5 Å². The van der Waals surface area contributed by atoms with Crippen molar-refractivity contribution in [2.24, 2.45) is 17.3 Å². The molecule has 0 bridgehead atoms. The summed E-state index contributed by atoms with van der Waals surface area (Å²) < 4.78 is 51.0. The molecule has 1 saturated carbocycles. The zero-order valence-electron chi connectivity index (χ0n) is 22.9. The fraction of sp³-hybridized carbons (Fsp3) is 0.621. The summed E-state index contributed by atoms with van der Waals surface area (Å²) in [6.07, 6.45) is -3.10. The monoisotopic (exact) mass is 534 g/mol. The van der Waals surface area contributed by atoms with E-state index in [0.29, 0.717) is 12.2 Å². The van der Waals surface area contributed by atoms with Gasteiger partial charge < -0.3 is 15.0 Å². The van der Waals surface area contributed by atoms with Crippen molar-refractivity contribution in [1.82, 2.24) is 10.2 Å². The molecule has 1 aromatic carbocycles. The van der Waals surface area contributed by atoms with Crippen LogP contribution in [0.3, 0.4) is 0 Å². The normalized spacial score (nSPS) is 29.5. The number of nitrogens with zero attached hydrogens (tertiary/aromatic N) is 1. The number of ketones is 1. The Bertz CT molecular complexity index is 1160. The van der Waals surface area contributed by atoms with Gasteiger partial charge in [0.25, 0.3) is 11.8 Å². The van der Waals surface area contributed by atoms with Crippen LogP contribution < -0.4 is 10.1 Å². The van der Waals surface area contributed by atoms with Gasteiger partial charge in [0.1, 0.15) is 5.75 Å². The second kappa shape index (κ2) is 9.72. The average Bonchev–Trinajstić information content (AvgIpc) is 3.03. The minimum atomic E-state index is -5.23. The van der Waals surface area contributed by atoms with E-state index in [0.717, 1.165) is 12.8 Å². The first-order valence-electron chi connectivity index (χ1n) is 13.4. The number of halogens is 3. The molecule has 38 heavy (non-hydrogen) atoms. The summed E-state index contributed by atoms with van der Waals surface area (Å²) in [6, 6.07) is 5.19. The fourth-order valence-electron chi connectivity index (χ4n) is 6.25. The standard InChI is InChI=1S/C29H37F3N2O4/c1-16(2)38-20-12-10-19(11-13-20)25(36)33-28(29(30,31)32)24-22(14-27(5,6)15-23(24)35)34(26(28)37)21-9-7-8-17(3)18(21)4/h10-13,16-18,21H,7-9,14-15H2,1-6H3,(H,33,36)/t17-,18-,21+,28-/m1/s1. The van der Waals surface area contributed by atoms with Crippen molar-refractivity contribution in [2.45, 2.75) is 97.5 Å². The van der Waals surface area contributed by atoms with Crippen LogP contribution in [0.4, 0.5) is 13.2 Å². The third kappa shape index (κ3) is 4.73. The molecule has 208 valence electrons. The number of carbonyl (C=O) groups is 3. The zero-order valence-corrected chi connectivity index (χ0v) is 22.9. The number of alkyl halides is 3. The van der Waals surface area contributed by atoms with Crippen LogP contribution in [-0.4, -0.2) is 46.4 Å². The first-order valence-corrected chi connectivity index (χ1v) is 13.4. The number of amides is 2. The highest BCUT2D eigenvalue weighted by Gasteiger charge is 2.72. The maximum atomic E-state index is 15.1. The lowest BCUT2D eigenvalue weighted by Crippen LogP contribution is -2.67. The predicted molar refractivity (Wildman–Crippen MR) is 136 cm³/mol. The number of carbonyl (C=O) groups excluding carboxylic acids is 3. The van der Waals surface area contributed by atoms with Crippen LogP contribution in [-0.2, 0) is 9.59 Å². The van der Waals surface area contributed by atoms with Gasteiger partial charge in [-0.3, -0.25) is 14.4 Å². The molecule has 4 rings (SSSR count). The lowest BCUT2D eigenvalue weighted by atomic mass is 9.72. The molecule has 1 N–H and O–H groups in total. The van der Waals surface area contributed by atoms with Crippen LogP contribution in [0.1, 0.15) is 84.0 Å². The third-order valence-electron chi connectivity index (χ3n) is 8.27. The maximum absolute atomic E-state index is 15.1. The second-order valence-corrected chi connectivity index (χ2v) is 12.2. The lowest BCUT2D eigenvalue weighted by Gasteiger charge is -2.43. The number of ether oxygens (including phenoxy) is 1. The number of benzene rings is 1. The summed E-state index contributed by atoms with van der Waals surface area (Å²) in [4.78, 5) is 42.0. The second-order valence-electron chi connectivity index (χ2n) is 12.2. The molecule has 9 heteroatoms. The smallest absolute Gasteiger partial charge is 0.425 e. The van der Waals surface area contributed by atoms with Gasteiger partial charge in [0.2, 0.25) is 5.54 Å². The molecule has 6 nitrogen and oxygen atoms in total. The molecule has 2 aliphatic carbocycles. The molecular formula is C29H37F3N2O4. The molecule has 1 fully saturated rings. The van der Waals surface area contributed by atoms with Gasteiger partial charge in [0.15, 0.2) is 5.78 Å². The summed E-state index contributed by atoms with van der Waals surface area (Å²) in [5.74, 6) is -2.50. The van der Waals surface area contributed by atoms with Crippen molar-refractivity contribution in [3.8, 4) is 5.75 Å². The predicted octanol–water partition coefficient (Wildman–Crippen LogP) is 5.81. The van der Waals surface area contributed by atoms with Crippen molar-refractivity contribution >= 4 is 17.6 Å². The molecule has 3 aliphatic rings. The van der Waals surface area contributed by atoms with E-state index >= 15 is 13.2 Å². The van der Waals surface area contributed by atoms with Gasteiger partial charge in [-0.15, -0.1) is 0 Å². The van der Waals surface area contributed by atoms with Crippen LogP contribution >= 0.6 is 0 Å². The number of allylic oxidation sites excluding steroid dienone is 1. The first kappa shape index (κ1) is 28.2. The molecule has 0 unspecified atom stereocenters. The number of rotatable bonds is 5. The summed E-state index contributed by atoms with van der Waals surface area (Å²) in [5.41, 5.74) is -4.62. The Morgan fingerprint density at radius 1 is 1.08 bits per heavy atom. The van der Waals surface area contributed by atoms with Crippen molar-refractivity contribution in [1.29, 1.82) is 0 Å². The number of Topliss-reactive ketones (excluding diaryl/α,β-unsaturated/α-hetero) is 1. The Morgan fingerprint density at radius 3 is 2.29 bits per heavy atom. The Balaban J connectivity index is 1.82. The third-order valence-corrected chi connectivity index (χ3v) is 8.27. The summed E-state index contributed by atoms with van der Waals surface area (Å²) in [6.45, 7) is 11.3. The molecule has 0 aromatic heterocycles. The van der Waals surface area contributed by atoms with Crippen LogP contribution in [0, 0.1) is 17.3 Å². The minimum absolute atomic E-state index is 0.0603. The summed E-state index contributed by atoms with van der Waals surface area (Å²) in [5, 5.41) is 2.04. The van der Waals surface area contributed by atoms with Crippen LogP contribution in [0.25, 0.3) is 0 Å². The largest absolute Gasteiger partial charge is 0.491 e. The molecule has 1 aliphatic heterocycles. The molecule has 0 radical (unpaired) electrons. The fourth-order valence-corrected chi connectivity index (χ4v) is 6.25. The number of hydrogen-bond donors (Lipinski definition) is 1. The Labute approximate surface area is 222 Å². The maximum Gasteiger partial charge on any atom is 0.425 e. The highest BCUT2D eigenvalue weighted by atomic mass is 19.4. The summed E-state index contributed by atoms with van der Waals surface area (Å²) in [7, 11) is 0. The van der Waals surface area contributed by atoms with Crippen molar-refractivity contribution in [3.63, 3.8) is 0 Å². The first-order chi connectivity index (χ1) is 17.6. The van der Waals surface area contributed by atoms with E-state index < -0.39 is 46.3 Å². The quantitative estimate of drug-likeness (QED) is 0.517. The SMILES string of the molecule is CC(C)Oc1ccc(C(=O)N[C@@]2(C(F)(F)F)C(=O)N([C@H]3CCC[C@@H](C)[C@H]3C)C3=C2C(=O)CC(C)(C)C3)cc1. The van der Waals surface area contributed by atoms with Crippen molar-refractivity contribution in [3.05, 3.63) is 41.1 Å². The summed E-state index contributed by atoms with van der Waals surface area (Å²) >= 11 is 0. The molecule has 4 atom stereocenters. The van der Waals surface area contributed by atoms with Gasteiger partial charge in [-0.25, -0.2) is 0 Å². The number of nitrogens with one attached hydrogen (secondary N) is 1. The van der Waals surface area contributed by atoms with Gasteiger partial charge in [-0.1, -0.05) is 40.5 Å². The molecule has 0 spiro atoms. The Hall–Kier alpha value is -2.84. The van der Waals surface area contributed by atoms with E-state index in [9.17, 15) is 14.4 Å². The molecule has 2 amide bonds. The van der Waals surface area contributed by atoms with Crippen LogP contribution in [0.2, 0.25) is 0 Å². The van der Waals surface area contributed by atoms with Crippen molar-refractivity contribution < 1.29 is 32.3 Å². The average molecular weight is 535 g/mol. The van der Waals surface area contributed by atoms with E-state index in [2.05, 4.69) is 0 Å². The van der Waals surface area contributed by atoms with Gasteiger partial charge in [0, 0.05) is 23.7 Å². The van der Waals surface area contributed by atoms with Gasteiger partial charge in [-0.2, -0.15) is 13.2 Å². The molecular weight excluding hydrogens is 497 g/mol. The van der Waals surface area contributed by atoms with E-state index in [1.807, 2.05) is 46.9 Å². The number of hydrogen-bond acceptors (Lipinski definition) is 4. The van der Waals surface area contributed by atoms with Gasteiger partial charge in [0.05, 0.1) is 11.7 Å². The molecule has 1 aromatic rings. The highest BCUT2D eigenvalue weighted by Crippen LogP contribution is 2.54. The van der Waals surface area contributed by atoms with Crippen LogP contribution in [0.5, 0.6) is 5.75 Å². The van der Waals surface area contributed by atoms with E-state index in [4.69, 9.17) is 4.74 Å². The van der Waals surface area contributed by atoms with E-state index in [1.54, 1.807) is 0 Å². The lowest BCUT2D eigenvalue weighted by molar-refractivity contribution is -0.192. The Kier molecular flexibility index (Phi) is 7.21. The van der Waals surface area contributed by atoms with E-state index in [-0.39, 0.29) is 42.0 Å². The zero-order chi connectivity index (χ0) is 28.2. The highest BCUT2D eigenvalue weighted by molar-refractivity contribution is 6.14. The van der Waals surface area contributed by atoms with E-state index in [1.165, 1.54) is 29.2 Å².